The van der Waals surface area contributed by atoms with Crippen molar-refractivity contribution in [1.29, 1.82) is 0 Å². The second kappa shape index (κ2) is 4.43. The standard InChI is InChI=1S/C8H12N4O2S/c1-14-6-9-7(15-11-6)10-8(13)12-4-2-3-5-12/h2-5H2,1H3,(H,9,10,11,13). The number of anilines is 1. The number of carbonyl (C=O) groups excluding carboxylic acids is 1. The molecule has 2 heterocycles. The van der Waals surface area contributed by atoms with Gasteiger partial charge >= 0.3 is 12.0 Å². The van der Waals surface area contributed by atoms with E-state index in [0.29, 0.717) is 5.13 Å². The van der Waals surface area contributed by atoms with Gasteiger partial charge in [0.1, 0.15) is 0 Å². The summed E-state index contributed by atoms with van der Waals surface area (Å²) in [6, 6.07) is 0.183. The lowest BCUT2D eigenvalue weighted by Gasteiger charge is -2.14. The van der Waals surface area contributed by atoms with Crippen LogP contribution in [0.4, 0.5) is 9.93 Å². The van der Waals surface area contributed by atoms with Crippen molar-refractivity contribution >= 4 is 22.7 Å². The first-order valence-electron chi connectivity index (χ1n) is 4.73. The van der Waals surface area contributed by atoms with Gasteiger partial charge in [-0.2, -0.15) is 4.98 Å². The van der Waals surface area contributed by atoms with E-state index in [1.54, 1.807) is 4.90 Å². The zero-order chi connectivity index (χ0) is 10.7. The Labute approximate surface area is 91.4 Å². The SMILES string of the molecule is COc1nsc(NC(=O)N2CCCC2)n1. The second-order valence-electron chi connectivity index (χ2n) is 3.21. The maximum absolute atomic E-state index is 11.6. The first-order valence-corrected chi connectivity index (χ1v) is 5.50. The first kappa shape index (κ1) is 10.2. The van der Waals surface area contributed by atoms with Crippen molar-refractivity contribution < 1.29 is 9.53 Å². The molecule has 0 atom stereocenters. The van der Waals surface area contributed by atoms with Gasteiger partial charge in [-0.15, -0.1) is 4.37 Å². The summed E-state index contributed by atoms with van der Waals surface area (Å²) in [4.78, 5) is 17.4. The Bertz CT molecular complexity index is 348. The quantitative estimate of drug-likeness (QED) is 0.825. The summed E-state index contributed by atoms with van der Waals surface area (Å²) in [5, 5.41) is 3.17. The number of urea groups is 1. The number of amides is 2. The molecule has 7 heteroatoms. The van der Waals surface area contributed by atoms with Gasteiger partial charge in [-0.1, -0.05) is 0 Å². The zero-order valence-electron chi connectivity index (χ0n) is 8.39. The number of likely N-dealkylation sites (tertiary alicyclic amines) is 1. The van der Waals surface area contributed by atoms with Gasteiger partial charge < -0.3 is 9.64 Å². The van der Waals surface area contributed by atoms with E-state index in [0.717, 1.165) is 37.5 Å². The molecule has 2 rings (SSSR count). The summed E-state index contributed by atoms with van der Waals surface area (Å²) in [6.45, 7) is 1.64. The lowest BCUT2D eigenvalue weighted by Crippen LogP contribution is -2.32. The van der Waals surface area contributed by atoms with E-state index in [1.165, 1.54) is 7.11 Å². The van der Waals surface area contributed by atoms with Gasteiger partial charge in [0.15, 0.2) is 0 Å². The van der Waals surface area contributed by atoms with E-state index >= 15 is 0 Å². The highest BCUT2D eigenvalue weighted by molar-refractivity contribution is 7.10. The summed E-state index contributed by atoms with van der Waals surface area (Å²) < 4.78 is 8.71. The van der Waals surface area contributed by atoms with Gasteiger partial charge in [-0.25, -0.2) is 4.79 Å². The van der Waals surface area contributed by atoms with Crippen LogP contribution in [0.2, 0.25) is 0 Å². The molecule has 1 N–H and O–H groups in total. The van der Waals surface area contributed by atoms with Crippen LogP contribution >= 0.6 is 11.5 Å². The fourth-order valence-electron chi connectivity index (χ4n) is 1.43. The van der Waals surface area contributed by atoms with Crippen molar-refractivity contribution in [2.24, 2.45) is 0 Å². The third-order valence-electron chi connectivity index (χ3n) is 2.20. The minimum atomic E-state index is -0.105. The Morgan fingerprint density at radius 1 is 1.53 bits per heavy atom. The number of aromatic nitrogens is 2. The number of ether oxygens (including phenoxy) is 1. The molecule has 0 aromatic carbocycles. The number of rotatable bonds is 2. The van der Waals surface area contributed by atoms with Gasteiger partial charge in [-0.3, -0.25) is 5.32 Å². The Morgan fingerprint density at radius 2 is 2.27 bits per heavy atom. The molecule has 15 heavy (non-hydrogen) atoms. The van der Waals surface area contributed by atoms with E-state index in [4.69, 9.17) is 4.74 Å². The Hall–Kier alpha value is -1.37. The first-order chi connectivity index (χ1) is 7.29. The lowest BCUT2D eigenvalue weighted by molar-refractivity contribution is 0.222. The molecular formula is C8H12N4O2S. The average molecular weight is 228 g/mol. The van der Waals surface area contributed by atoms with E-state index in [1.807, 2.05) is 0 Å². The molecule has 0 radical (unpaired) electrons. The Kier molecular flexibility index (Phi) is 3.00. The number of methoxy groups -OCH3 is 1. The normalized spacial score (nSPS) is 15.4. The van der Waals surface area contributed by atoms with Gasteiger partial charge in [0.2, 0.25) is 5.13 Å². The topological polar surface area (TPSA) is 67.3 Å². The van der Waals surface area contributed by atoms with Crippen LogP contribution in [0.3, 0.4) is 0 Å². The minimum Gasteiger partial charge on any atom is -0.466 e. The molecule has 0 unspecified atom stereocenters. The van der Waals surface area contributed by atoms with Crippen molar-refractivity contribution in [3.05, 3.63) is 0 Å². The third kappa shape index (κ3) is 2.35. The third-order valence-corrected chi connectivity index (χ3v) is 2.81. The van der Waals surface area contributed by atoms with Crippen LogP contribution < -0.4 is 10.1 Å². The van der Waals surface area contributed by atoms with Crippen LogP contribution in [-0.4, -0.2) is 40.5 Å². The predicted octanol–water partition coefficient (Wildman–Crippen LogP) is 1.17. The molecule has 1 aliphatic rings. The molecule has 0 bridgehead atoms. The van der Waals surface area contributed by atoms with E-state index in [-0.39, 0.29) is 12.0 Å². The highest BCUT2D eigenvalue weighted by atomic mass is 32.1. The van der Waals surface area contributed by atoms with Crippen LogP contribution in [0.25, 0.3) is 0 Å². The lowest BCUT2D eigenvalue weighted by atomic mass is 10.4. The highest BCUT2D eigenvalue weighted by Crippen LogP contribution is 2.17. The summed E-state index contributed by atoms with van der Waals surface area (Å²) in [6.07, 6.45) is 2.15. The summed E-state index contributed by atoms with van der Waals surface area (Å²) in [5.74, 6) is 0. The predicted molar refractivity (Wildman–Crippen MR) is 56.3 cm³/mol. The molecule has 6 nitrogen and oxygen atoms in total. The number of nitrogens with one attached hydrogen (secondary N) is 1. The van der Waals surface area contributed by atoms with Crippen LogP contribution in [-0.2, 0) is 0 Å². The summed E-state index contributed by atoms with van der Waals surface area (Å²) >= 11 is 1.12. The number of hydrogen-bond acceptors (Lipinski definition) is 5. The maximum Gasteiger partial charge on any atom is 0.329 e. The van der Waals surface area contributed by atoms with Gasteiger partial charge in [-0.05, 0) is 12.8 Å². The Balaban J connectivity index is 1.92. The Morgan fingerprint density at radius 3 is 2.87 bits per heavy atom. The van der Waals surface area contributed by atoms with Crippen molar-refractivity contribution in [2.75, 3.05) is 25.5 Å². The van der Waals surface area contributed by atoms with Crippen LogP contribution in [0.5, 0.6) is 6.01 Å². The zero-order valence-corrected chi connectivity index (χ0v) is 9.21. The molecule has 1 aliphatic heterocycles. The smallest absolute Gasteiger partial charge is 0.329 e. The van der Waals surface area contributed by atoms with E-state index in [2.05, 4.69) is 14.7 Å². The fraction of sp³-hybridized carbons (Fsp3) is 0.625. The molecule has 0 saturated carbocycles. The van der Waals surface area contributed by atoms with Crippen molar-refractivity contribution in [2.45, 2.75) is 12.8 Å². The molecule has 0 aliphatic carbocycles. The molecule has 0 spiro atoms. The summed E-state index contributed by atoms with van der Waals surface area (Å²) in [5.41, 5.74) is 0. The van der Waals surface area contributed by atoms with E-state index < -0.39 is 0 Å². The number of nitrogens with zero attached hydrogens (tertiary/aromatic N) is 3. The fourth-order valence-corrected chi connectivity index (χ4v) is 1.97. The molecule has 1 fully saturated rings. The van der Waals surface area contributed by atoms with Crippen molar-refractivity contribution in [3.8, 4) is 6.01 Å². The van der Waals surface area contributed by atoms with Crippen LogP contribution in [0.1, 0.15) is 12.8 Å². The van der Waals surface area contributed by atoms with Gasteiger partial charge in [0.25, 0.3) is 0 Å². The average Bonchev–Trinajstić information content (AvgIpc) is 2.87. The largest absolute Gasteiger partial charge is 0.466 e. The van der Waals surface area contributed by atoms with Crippen molar-refractivity contribution in [1.82, 2.24) is 14.3 Å². The molecule has 1 aromatic rings. The van der Waals surface area contributed by atoms with Crippen LogP contribution in [0, 0.1) is 0 Å². The van der Waals surface area contributed by atoms with Crippen LogP contribution in [0.15, 0.2) is 0 Å². The maximum atomic E-state index is 11.6. The van der Waals surface area contributed by atoms with Gasteiger partial charge in [0.05, 0.1) is 7.11 Å². The molecule has 82 valence electrons. The molecule has 2 amide bonds. The number of hydrogen-bond donors (Lipinski definition) is 1. The molecular weight excluding hydrogens is 216 g/mol. The molecule has 1 saturated heterocycles. The molecule has 1 aromatic heterocycles. The monoisotopic (exact) mass is 228 g/mol. The number of carbonyl (C=O) groups is 1. The second-order valence-corrected chi connectivity index (χ2v) is 3.96. The van der Waals surface area contributed by atoms with Crippen molar-refractivity contribution in [3.63, 3.8) is 0 Å². The van der Waals surface area contributed by atoms with E-state index in [9.17, 15) is 4.79 Å². The summed E-state index contributed by atoms with van der Waals surface area (Å²) in [7, 11) is 1.49. The van der Waals surface area contributed by atoms with Gasteiger partial charge in [0, 0.05) is 24.6 Å². The minimum absolute atomic E-state index is 0.105. The highest BCUT2D eigenvalue weighted by Gasteiger charge is 2.19.